The van der Waals surface area contributed by atoms with Gasteiger partial charge < -0.3 is 9.90 Å². The van der Waals surface area contributed by atoms with Crippen molar-refractivity contribution in [1.82, 2.24) is 10.2 Å². The number of hydrogen-bond acceptors (Lipinski definition) is 4. The van der Waals surface area contributed by atoms with Gasteiger partial charge in [0.15, 0.2) is 5.69 Å². The van der Waals surface area contributed by atoms with Crippen LogP contribution >= 0.6 is 0 Å². The Labute approximate surface area is 98.4 Å². The van der Waals surface area contributed by atoms with Crippen molar-refractivity contribution in [2.24, 2.45) is 0 Å². The van der Waals surface area contributed by atoms with Gasteiger partial charge in [0.25, 0.3) is 0 Å². The second-order valence-electron chi connectivity index (χ2n) is 2.08. The van der Waals surface area contributed by atoms with Gasteiger partial charge in [0.2, 0.25) is 0 Å². The zero-order valence-electron chi connectivity index (χ0n) is 7.00. The maximum absolute atomic E-state index is 12.0. The van der Waals surface area contributed by atoms with Crippen LogP contribution < -0.4 is 34.7 Å². The summed E-state index contributed by atoms with van der Waals surface area (Å²) in [4.78, 5) is 10.2. The van der Waals surface area contributed by atoms with Crippen LogP contribution in [-0.2, 0) is 6.18 Å². The Balaban J connectivity index is 0.00000169. The molecule has 0 radical (unpaired) electrons. The fraction of sp³-hybridized carbons (Fsp3) is 0.167. The molecule has 70 valence electrons. The maximum Gasteiger partial charge on any atom is 1.00 e. The molecule has 0 bridgehead atoms. The van der Waals surface area contributed by atoms with E-state index in [2.05, 4.69) is 10.2 Å². The largest absolute Gasteiger partial charge is 1.00 e. The Morgan fingerprint density at radius 1 is 1.43 bits per heavy atom. The van der Waals surface area contributed by atoms with Gasteiger partial charge in [-0.1, -0.05) is 0 Å². The van der Waals surface area contributed by atoms with Gasteiger partial charge in [-0.2, -0.15) is 18.3 Å². The van der Waals surface area contributed by atoms with E-state index in [1.165, 1.54) is 0 Å². The first kappa shape index (κ1) is 13.3. The van der Waals surface area contributed by atoms with Crippen LogP contribution in [-0.4, -0.2) is 16.2 Å². The molecule has 0 saturated carbocycles. The number of hydrogen-bond donors (Lipinski definition) is 0. The zero-order chi connectivity index (χ0) is 10.1. The molecule has 0 saturated heterocycles. The van der Waals surface area contributed by atoms with Crippen LogP contribution in [0.2, 0.25) is 0 Å². The third kappa shape index (κ3) is 2.93. The molecule has 1 aromatic rings. The van der Waals surface area contributed by atoms with Gasteiger partial charge in [-0.05, 0) is 6.07 Å². The fourth-order valence-corrected chi connectivity index (χ4v) is 0.706. The quantitative estimate of drug-likeness (QED) is 0.463. The van der Waals surface area contributed by atoms with Gasteiger partial charge in [-0.3, -0.25) is 0 Å². The molecule has 8 heteroatoms. The molecule has 0 amide bonds. The minimum absolute atomic E-state index is 0. The minimum Gasteiger partial charge on any atom is -0.545 e. The van der Waals surface area contributed by atoms with Crippen molar-refractivity contribution in [1.29, 1.82) is 0 Å². The van der Waals surface area contributed by atoms with Crippen molar-refractivity contribution >= 4 is 5.97 Å². The first-order valence-electron chi connectivity index (χ1n) is 3.03. The summed E-state index contributed by atoms with van der Waals surface area (Å²) in [6, 6.07) is 0.686. The molecule has 0 atom stereocenters. The summed E-state index contributed by atoms with van der Waals surface area (Å²) in [6.07, 6.45) is -3.98. The standard InChI is InChI=1S/C6H3F3N2O2.Na/c7-6(8,9)4-3(5(12)13)1-2-10-11-4;/h1-2H,(H,12,13);/q;+1/p-1. The average Bonchev–Trinajstić information content (AvgIpc) is 2.03. The molecule has 0 unspecified atom stereocenters. The van der Waals surface area contributed by atoms with Gasteiger partial charge in [0.05, 0.1) is 12.2 Å². The predicted octanol–water partition coefficient (Wildman–Crippen LogP) is -3.14. The van der Waals surface area contributed by atoms with Crippen LogP contribution in [0.1, 0.15) is 16.1 Å². The van der Waals surface area contributed by atoms with Crippen molar-refractivity contribution in [3.8, 4) is 0 Å². The zero-order valence-corrected chi connectivity index (χ0v) is 9.00. The predicted molar refractivity (Wildman–Crippen MR) is 31.4 cm³/mol. The number of carbonyl (C=O) groups excluding carboxylic acids is 1. The smallest absolute Gasteiger partial charge is 0.545 e. The maximum atomic E-state index is 12.0. The summed E-state index contributed by atoms with van der Waals surface area (Å²) >= 11 is 0. The second-order valence-corrected chi connectivity index (χ2v) is 2.08. The SMILES string of the molecule is O=C([O-])c1ccnnc1C(F)(F)F.[Na+]. The number of aromatic nitrogens is 2. The molecule has 0 aliphatic heterocycles. The second kappa shape index (κ2) is 4.72. The molecule has 0 fully saturated rings. The number of halogens is 3. The Hall–Kier alpha value is -0.660. The summed E-state index contributed by atoms with van der Waals surface area (Å²) in [6.45, 7) is 0. The van der Waals surface area contributed by atoms with E-state index in [-0.39, 0.29) is 29.6 Å². The Kier molecular flexibility index (Phi) is 4.50. The number of carboxylic acid groups (broad SMARTS) is 1. The monoisotopic (exact) mass is 214 g/mol. The average molecular weight is 214 g/mol. The first-order chi connectivity index (χ1) is 5.93. The minimum atomic E-state index is -4.83. The van der Waals surface area contributed by atoms with Crippen molar-refractivity contribution in [2.75, 3.05) is 0 Å². The van der Waals surface area contributed by atoms with Gasteiger partial charge in [-0.25, -0.2) is 0 Å². The van der Waals surface area contributed by atoms with Crippen LogP contribution in [0.15, 0.2) is 12.3 Å². The summed E-state index contributed by atoms with van der Waals surface area (Å²) in [5.74, 6) is -1.93. The summed E-state index contributed by atoms with van der Waals surface area (Å²) < 4.78 is 36.0. The van der Waals surface area contributed by atoms with Crippen molar-refractivity contribution in [2.45, 2.75) is 6.18 Å². The number of alkyl halides is 3. The molecule has 14 heavy (non-hydrogen) atoms. The molecule has 0 aliphatic rings. The van der Waals surface area contributed by atoms with Gasteiger partial charge in [0, 0.05) is 5.56 Å². The molecule has 0 aliphatic carbocycles. The summed E-state index contributed by atoms with van der Waals surface area (Å²) in [5.41, 5.74) is -2.56. The number of rotatable bonds is 1. The molecule has 1 heterocycles. The van der Waals surface area contributed by atoms with Crippen molar-refractivity contribution in [3.63, 3.8) is 0 Å². The third-order valence-electron chi connectivity index (χ3n) is 1.21. The molecule has 0 spiro atoms. The first-order valence-corrected chi connectivity index (χ1v) is 3.03. The van der Waals surface area contributed by atoms with Gasteiger partial charge >= 0.3 is 35.7 Å². The van der Waals surface area contributed by atoms with Crippen LogP contribution in [0.3, 0.4) is 0 Å². The van der Waals surface area contributed by atoms with E-state index in [4.69, 9.17) is 0 Å². The van der Waals surface area contributed by atoms with E-state index < -0.39 is 23.4 Å². The van der Waals surface area contributed by atoms with Crippen molar-refractivity contribution < 1.29 is 52.6 Å². The van der Waals surface area contributed by atoms with E-state index in [0.29, 0.717) is 6.07 Å². The summed E-state index contributed by atoms with van der Waals surface area (Å²) in [5, 5.41) is 15.8. The number of aromatic carboxylic acids is 1. The molecule has 4 nitrogen and oxygen atoms in total. The molecular weight excluding hydrogens is 212 g/mol. The van der Waals surface area contributed by atoms with E-state index in [1.54, 1.807) is 0 Å². The van der Waals surface area contributed by atoms with Gasteiger partial charge in [0.1, 0.15) is 0 Å². The fourth-order valence-electron chi connectivity index (χ4n) is 0.706. The Bertz CT molecular complexity index is 342. The van der Waals surface area contributed by atoms with E-state index >= 15 is 0 Å². The normalized spacial score (nSPS) is 10.5. The number of carboxylic acids is 1. The molecular formula is C6H2F3N2NaO2. The molecule has 1 aromatic heterocycles. The van der Waals surface area contributed by atoms with Crippen LogP contribution in [0.4, 0.5) is 13.2 Å². The van der Waals surface area contributed by atoms with Crippen LogP contribution in [0, 0.1) is 0 Å². The Morgan fingerprint density at radius 3 is 2.36 bits per heavy atom. The number of carbonyl (C=O) groups is 1. The molecule has 0 N–H and O–H groups in total. The molecule has 1 rings (SSSR count). The number of nitrogens with zero attached hydrogens (tertiary/aromatic N) is 2. The van der Waals surface area contributed by atoms with Crippen LogP contribution in [0.5, 0.6) is 0 Å². The topological polar surface area (TPSA) is 65.9 Å². The molecule has 0 aromatic carbocycles. The summed E-state index contributed by atoms with van der Waals surface area (Å²) in [7, 11) is 0. The van der Waals surface area contributed by atoms with Crippen LogP contribution in [0.25, 0.3) is 0 Å². The van der Waals surface area contributed by atoms with Gasteiger partial charge in [-0.15, -0.1) is 5.10 Å². The Morgan fingerprint density at radius 2 is 2.00 bits per heavy atom. The third-order valence-corrected chi connectivity index (χ3v) is 1.21. The van der Waals surface area contributed by atoms with Crippen molar-refractivity contribution in [3.05, 3.63) is 23.5 Å². The van der Waals surface area contributed by atoms with E-state index in [0.717, 1.165) is 6.20 Å². The van der Waals surface area contributed by atoms with E-state index in [1.807, 2.05) is 0 Å². The van der Waals surface area contributed by atoms with E-state index in [9.17, 15) is 23.1 Å².